The molecule has 1 atom stereocenters. The van der Waals surface area contributed by atoms with Crippen LogP contribution in [-0.4, -0.2) is 25.2 Å². The second-order valence-corrected chi connectivity index (χ2v) is 9.42. The monoisotopic (exact) mass is 175 g/mol. The van der Waals surface area contributed by atoms with E-state index in [1.807, 2.05) is 0 Å². The third-order valence-corrected chi connectivity index (χ3v) is 7.04. The lowest BCUT2D eigenvalue weighted by molar-refractivity contribution is 0.732. The smallest absolute Gasteiger partial charge is 0.0617 e. The predicted octanol–water partition coefficient (Wildman–Crippen LogP) is 3.72. The summed E-state index contributed by atoms with van der Waals surface area (Å²) >= 11 is 0. The second-order valence-electron chi connectivity index (χ2n) is 4.61. The normalized spacial score (nSPS) is 15.5. The van der Waals surface area contributed by atoms with Crippen LogP contribution >= 0.6 is 7.26 Å². The largest absolute Gasteiger partial charge is 0.0661 e. The van der Waals surface area contributed by atoms with Crippen LogP contribution in [0.5, 0.6) is 0 Å². The van der Waals surface area contributed by atoms with Gasteiger partial charge in [0, 0.05) is 20.6 Å². The predicted molar refractivity (Wildman–Crippen MR) is 58.2 cm³/mol. The summed E-state index contributed by atoms with van der Waals surface area (Å²) in [5.74, 6) is 0.882. The van der Waals surface area contributed by atoms with Crippen LogP contribution in [0, 0.1) is 5.92 Å². The van der Waals surface area contributed by atoms with Crippen molar-refractivity contribution >= 4 is 7.26 Å². The Morgan fingerprint density at radius 3 is 1.82 bits per heavy atom. The first-order valence-electron chi connectivity index (χ1n) is 4.72. The van der Waals surface area contributed by atoms with Crippen molar-refractivity contribution in [1.82, 2.24) is 0 Å². The third-order valence-electron chi connectivity index (χ3n) is 2.62. The van der Waals surface area contributed by atoms with Gasteiger partial charge >= 0.3 is 0 Å². The Balaban J connectivity index is 3.98. The molecule has 0 heterocycles. The summed E-state index contributed by atoms with van der Waals surface area (Å²) in [5.41, 5.74) is 0.963. The summed E-state index contributed by atoms with van der Waals surface area (Å²) < 4.78 is 0. The van der Waals surface area contributed by atoms with Crippen LogP contribution in [0.1, 0.15) is 34.1 Å². The maximum Gasteiger partial charge on any atom is 0.0661 e. The zero-order chi connectivity index (χ0) is 9.07. The van der Waals surface area contributed by atoms with E-state index in [1.165, 1.54) is 12.6 Å². The van der Waals surface area contributed by atoms with Crippen molar-refractivity contribution in [2.75, 3.05) is 19.5 Å². The lowest BCUT2D eigenvalue weighted by atomic mass is 10.3. The van der Waals surface area contributed by atoms with E-state index in [-0.39, 0.29) is 0 Å². The lowest BCUT2D eigenvalue weighted by Gasteiger charge is -2.25. The molecule has 0 N–H and O–H groups in total. The van der Waals surface area contributed by atoms with E-state index in [0.717, 1.165) is 11.6 Å². The fourth-order valence-electron chi connectivity index (χ4n) is 1.62. The minimum atomic E-state index is -0.590. The molecule has 1 unspecified atom stereocenters. The summed E-state index contributed by atoms with van der Waals surface area (Å²) in [7, 11) is -0.590. The van der Waals surface area contributed by atoms with Crippen molar-refractivity contribution in [2.45, 2.75) is 39.8 Å². The minimum Gasteiger partial charge on any atom is -0.0617 e. The molecule has 11 heavy (non-hydrogen) atoms. The van der Waals surface area contributed by atoms with Crippen LogP contribution in [0.25, 0.3) is 0 Å². The van der Waals surface area contributed by atoms with Gasteiger partial charge in [-0.1, -0.05) is 20.8 Å². The molecule has 0 spiro atoms. The molecule has 0 aromatic rings. The Hall–Kier alpha value is 0.430. The number of rotatable bonds is 4. The molecule has 0 aliphatic rings. The van der Waals surface area contributed by atoms with Crippen LogP contribution in [0.3, 0.4) is 0 Å². The molecule has 0 saturated heterocycles. The summed E-state index contributed by atoms with van der Waals surface area (Å²) in [4.78, 5) is 0. The van der Waals surface area contributed by atoms with Gasteiger partial charge in [0.2, 0.25) is 0 Å². The summed E-state index contributed by atoms with van der Waals surface area (Å²) in [6.45, 7) is 14.4. The van der Waals surface area contributed by atoms with Gasteiger partial charge in [0.15, 0.2) is 0 Å². The van der Waals surface area contributed by atoms with E-state index in [0.29, 0.717) is 0 Å². The first kappa shape index (κ1) is 11.4. The molecule has 0 bridgehead atoms. The molecule has 0 aliphatic carbocycles. The van der Waals surface area contributed by atoms with Crippen molar-refractivity contribution in [1.29, 1.82) is 0 Å². The van der Waals surface area contributed by atoms with Gasteiger partial charge in [0.1, 0.15) is 0 Å². The van der Waals surface area contributed by atoms with Gasteiger partial charge < -0.3 is 0 Å². The molecule has 0 rings (SSSR count). The maximum absolute atomic E-state index is 2.50. The van der Waals surface area contributed by atoms with Gasteiger partial charge in [-0.15, -0.1) is 0 Å². The van der Waals surface area contributed by atoms with Crippen molar-refractivity contribution in [3.8, 4) is 0 Å². The molecular formula is C10H24P+. The quantitative estimate of drug-likeness (QED) is 0.571. The minimum absolute atomic E-state index is 0.590. The van der Waals surface area contributed by atoms with Crippen molar-refractivity contribution in [3.05, 3.63) is 0 Å². The number of hydrogen-bond acceptors (Lipinski definition) is 0. The highest BCUT2D eigenvalue weighted by molar-refractivity contribution is 7.75. The highest BCUT2D eigenvalue weighted by Gasteiger charge is 2.31. The molecule has 0 aliphatic heterocycles. The van der Waals surface area contributed by atoms with E-state index >= 15 is 0 Å². The van der Waals surface area contributed by atoms with E-state index in [9.17, 15) is 0 Å². The molecular weight excluding hydrogens is 151 g/mol. The Morgan fingerprint density at radius 1 is 1.09 bits per heavy atom. The van der Waals surface area contributed by atoms with Gasteiger partial charge in [-0.2, -0.15) is 0 Å². The molecule has 0 aromatic heterocycles. The second kappa shape index (κ2) is 4.45. The molecule has 0 aromatic carbocycles. The van der Waals surface area contributed by atoms with E-state index in [1.54, 1.807) is 0 Å². The van der Waals surface area contributed by atoms with E-state index < -0.39 is 7.26 Å². The van der Waals surface area contributed by atoms with Gasteiger partial charge in [0.05, 0.1) is 11.8 Å². The molecule has 0 saturated carbocycles. The maximum atomic E-state index is 2.50. The summed E-state index contributed by atoms with van der Waals surface area (Å²) in [6, 6.07) is 0. The Labute approximate surface area is 73.1 Å². The van der Waals surface area contributed by atoms with Crippen LogP contribution in [0.2, 0.25) is 0 Å². The summed E-state index contributed by atoms with van der Waals surface area (Å²) in [5, 5.41) is 0. The highest BCUT2D eigenvalue weighted by atomic mass is 31.2. The van der Waals surface area contributed by atoms with Crippen LogP contribution in [0.4, 0.5) is 0 Å². The standard InChI is InChI=1S/C10H24P/c1-7-10(4)11(5,6)8-9(2)3/h9-10H,7-8H2,1-6H3/q+1. The number of hydrogen-bond donors (Lipinski definition) is 0. The zero-order valence-corrected chi connectivity index (χ0v) is 9.91. The van der Waals surface area contributed by atoms with Crippen molar-refractivity contribution in [2.24, 2.45) is 5.92 Å². The molecule has 0 radical (unpaired) electrons. The molecule has 0 fully saturated rings. The Morgan fingerprint density at radius 2 is 1.55 bits per heavy atom. The fraction of sp³-hybridized carbons (Fsp3) is 1.00. The average molecular weight is 175 g/mol. The Bertz CT molecular complexity index is 105. The van der Waals surface area contributed by atoms with Crippen LogP contribution < -0.4 is 0 Å². The van der Waals surface area contributed by atoms with Crippen LogP contribution in [0.15, 0.2) is 0 Å². The topological polar surface area (TPSA) is 0 Å². The van der Waals surface area contributed by atoms with Gasteiger partial charge in [-0.05, 0) is 19.3 Å². The third kappa shape index (κ3) is 4.11. The van der Waals surface area contributed by atoms with Crippen molar-refractivity contribution in [3.63, 3.8) is 0 Å². The fourth-order valence-corrected chi connectivity index (χ4v) is 4.85. The van der Waals surface area contributed by atoms with Gasteiger partial charge in [0.25, 0.3) is 0 Å². The van der Waals surface area contributed by atoms with Gasteiger partial charge in [-0.3, -0.25) is 0 Å². The first-order chi connectivity index (χ1) is 4.90. The first-order valence-corrected chi connectivity index (χ1v) is 7.66. The molecule has 68 valence electrons. The SMILES string of the molecule is CCC(C)[P+](C)(C)CC(C)C. The van der Waals surface area contributed by atoms with E-state index in [4.69, 9.17) is 0 Å². The lowest BCUT2D eigenvalue weighted by Crippen LogP contribution is -2.13. The molecule has 0 amide bonds. The molecule has 1 heteroatoms. The Kier molecular flexibility index (Phi) is 4.63. The van der Waals surface area contributed by atoms with Crippen molar-refractivity contribution < 1.29 is 0 Å². The summed E-state index contributed by atoms with van der Waals surface area (Å²) in [6.07, 6.45) is 2.81. The zero-order valence-electron chi connectivity index (χ0n) is 9.02. The van der Waals surface area contributed by atoms with E-state index in [2.05, 4.69) is 41.0 Å². The average Bonchev–Trinajstić information content (AvgIpc) is 1.83. The molecule has 0 nitrogen and oxygen atoms in total. The van der Waals surface area contributed by atoms with Gasteiger partial charge in [-0.25, -0.2) is 0 Å². The highest BCUT2D eigenvalue weighted by Crippen LogP contribution is 2.58. The van der Waals surface area contributed by atoms with Crippen LogP contribution in [-0.2, 0) is 0 Å².